The maximum atomic E-state index is 11.0. The fourth-order valence-electron chi connectivity index (χ4n) is 2.83. The Hall–Kier alpha value is -1.35. The summed E-state index contributed by atoms with van der Waals surface area (Å²) >= 11 is 0. The first-order chi connectivity index (χ1) is 8.94. The van der Waals surface area contributed by atoms with Crippen LogP contribution in [0.4, 0.5) is 5.69 Å². The topological polar surface area (TPSA) is 32.3 Å². The molecule has 0 unspecified atom stereocenters. The molecule has 3 nitrogen and oxygen atoms in total. The van der Waals surface area contributed by atoms with Crippen LogP contribution < -0.4 is 5.32 Å². The second-order valence-electron chi connectivity index (χ2n) is 6.36. The number of carbonyl (C=O) groups excluding carboxylic acids is 1. The van der Waals surface area contributed by atoms with Crippen LogP contribution in [0.25, 0.3) is 0 Å². The molecule has 1 aliphatic heterocycles. The first kappa shape index (κ1) is 14.1. The quantitative estimate of drug-likeness (QED) is 0.904. The highest BCUT2D eigenvalue weighted by molar-refractivity contribution is 5.88. The number of carbonyl (C=O) groups is 1. The number of likely N-dealkylation sites (tertiary alicyclic amines) is 1. The van der Waals surface area contributed by atoms with Gasteiger partial charge in [0.2, 0.25) is 5.91 Å². The number of amides is 1. The van der Waals surface area contributed by atoms with Crippen molar-refractivity contribution >= 4 is 11.6 Å². The van der Waals surface area contributed by atoms with Gasteiger partial charge in [-0.3, -0.25) is 9.69 Å². The van der Waals surface area contributed by atoms with Gasteiger partial charge in [0, 0.05) is 25.7 Å². The largest absolute Gasteiger partial charge is 0.326 e. The van der Waals surface area contributed by atoms with Crippen LogP contribution in [0.3, 0.4) is 0 Å². The van der Waals surface area contributed by atoms with Gasteiger partial charge in [0.25, 0.3) is 0 Å². The second-order valence-corrected chi connectivity index (χ2v) is 6.36. The zero-order valence-electron chi connectivity index (χ0n) is 12.2. The Kier molecular flexibility index (Phi) is 4.25. The Balaban J connectivity index is 1.94. The molecule has 1 aromatic rings. The van der Waals surface area contributed by atoms with E-state index in [1.807, 2.05) is 12.1 Å². The van der Waals surface area contributed by atoms with Gasteiger partial charge < -0.3 is 5.32 Å². The Labute approximate surface area is 116 Å². The van der Waals surface area contributed by atoms with Crippen LogP contribution in [0.15, 0.2) is 24.3 Å². The van der Waals surface area contributed by atoms with Crippen LogP contribution in [0.2, 0.25) is 0 Å². The van der Waals surface area contributed by atoms with Crippen LogP contribution in [-0.4, -0.2) is 23.9 Å². The minimum atomic E-state index is -0.0227. The highest BCUT2D eigenvalue weighted by Gasteiger charge is 2.25. The van der Waals surface area contributed by atoms with Crippen molar-refractivity contribution in [3.05, 3.63) is 29.8 Å². The standard InChI is InChI=1S/C16H24N2O/c1-13(19)17-15-7-5-14(6-8-15)11-18-10-4-9-16(2,3)12-18/h5-8H,4,9-12H2,1-3H3,(H,17,19). The first-order valence-electron chi connectivity index (χ1n) is 7.03. The number of nitrogens with zero attached hydrogens (tertiary/aromatic N) is 1. The van der Waals surface area contributed by atoms with Crippen molar-refractivity contribution in [3.63, 3.8) is 0 Å². The molecule has 2 rings (SSSR count). The highest BCUT2D eigenvalue weighted by Crippen LogP contribution is 2.29. The zero-order chi connectivity index (χ0) is 13.9. The molecule has 0 radical (unpaired) electrons. The average molecular weight is 260 g/mol. The lowest BCUT2D eigenvalue weighted by Crippen LogP contribution is -2.39. The van der Waals surface area contributed by atoms with Gasteiger partial charge in [-0.05, 0) is 42.5 Å². The molecule has 3 heteroatoms. The van der Waals surface area contributed by atoms with Gasteiger partial charge in [-0.2, -0.15) is 0 Å². The lowest BCUT2D eigenvalue weighted by atomic mass is 9.84. The summed E-state index contributed by atoms with van der Waals surface area (Å²) in [6.07, 6.45) is 2.61. The van der Waals surface area contributed by atoms with Crippen molar-refractivity contribution in [1.82, 2.24) is 4.90 Å². The van der Waals surface area contributed by atoms with E-state index in [9.17, 15) is 4.79 Å². The zero-order valence-corrected chi connectivity index (χ0v) is 12.2. The molecule has 19 heavy (non-hydrogen) atoms. The van der Waals surface area contributed by atoms with Gasteiger partial charge >= 0.3 is 0 Å². The van der Waals surface area contributed by atoms with Gasteiger partial charge in [0.15, 0.2) is 0 Å². The second kappa shape index (κ2) is 5.74. The molecule has 0 aliphatic carbocycles. The number of benzene rings is 1. The third kappa shape index (κ3) is 4.35. The van der Waals surface area contributed by atoms with E-state index < -0.39 is 0 Å². The summed E-state index contributed by atoms with van der Waals surface area (Å²) in [6.45, 7) is 9.59. The number of hydrogen-bond donors (Lipinski definition) is 1. The minimum absolute atomic E-state index is 0.0227. The summed E-state index contributed by atoms with van der Waals surface area (Å²) in [5.41, 5.74) is 2.62. The number of anilines is 1. The Morgan fingerprint density at radius 2 is 2.00 bits per heavy atom. The van der Waals surface area contributed by atoms with E-state index in [1.54, 1.807) is 0 Å². The lowest BCUT2D eigenvalue weighted by molar-refractivity contribution is -0.114. The molecular formula is C16H24N2O. The normalized spacial score (nSPS) is 19.1. The molecule has 1 N–H and O–H groups in total. The van der Waals surface area contributed by atoms with Crippen molar-refractivity contribution < 1.29 is 4.79 Å². The van der Waals surface area contributed by atoms with Crippen molar-refractivity contribution in [1.29, 1.82) is 0 Å². The number of piperidine rings is 1. The SMILES string of the molecule is CC(=O)Nc1ccc(CN2CCCC(C)(C)C2)cc1. The summed E-state index contributed by atoms with van der Waals surface area (Å²) in [6, 6.07) is 8.16. The Bertz CT molecular complexity index is 437. The van der Waals surface area contributed by atoms with Gasteiger partial charge in [-0.15, -0.1) is 0 Å². The van der Waals surface area contributed by atoms with E-state index in [4.69, 9.17) is 0 Å². The van der Waals surface area contributed by atoms with Gasteiger partial charge in [-0.25, -0.2) is 0 Å². The number of rotatable bonds is 3. The summed E-state index contributed by atoms with van der Waals surface area (Å²) in [5.74, 6) is -0.0227. The molecule has 0 spiro atoms. The van der Waals surface area contributed by atoms with E-state index in [-0.39, 0.29) is 5.91 Å². The van der Waals surface area contributed by atoms with Gasteiger partial charge in [0.1, 0.15) is 0 Å². The molecule has 1 heterocycles. The fourth-order valence-corrected chi connectivity index (χ4v) is 2.83. The minimum Gasteiger partial charge on any atom is -0.326 e. The first-order valence-corrected chi connectivity index (χ1v) is 7.03. The lowest BCUT2D eigenvalue weighted by Gasteiger charge is -2.38. The van der Waals surface area contributed by atoms with Crippen LogP contribution in [0, 0.1) is 5.41 Å². The summed E-state index contributed by atoms with van der Waals surface area (Å²) in [5, 5.41) is 2.80. The molecule has 104 valence electrons. The number of hydrogen-bond acceptors (Lipinski definition) is 2. The van der Waals surface area contributed by atoms with E-state index in [1.165, 1.54) is 38.4 Å². The van der Waals surface area contributed by atoms with Crippen molar-refractivity contribution in [3.8, 4) is 0 Å². The number of nitrogens with one attached hydrogen (secondary N) is 1. The predicted octanol–water partition coefficient (Wildman–Crippen LogP) is 3.27. The van der Waals surface area contributed by atoms with E-state index in [0.717, 1.165) is 12.2 Å². The average Bonchev–Trinajstić information content (AvgIpc) is 2.30. The molecule has 1 saturated heterocycles. The van der Waals surface area contributed by atoms with Crippen LogP contribution in [0.5, 0.6) is 0 Å². The maximum absolute atomic E-state index is 11.0. The smallest absolute Gasteiger partial charge is 0.221 e. The van der Waals surface area contributed by atoms with Gasteiger partial charge in [-0.1, -0.05) is 26.0 Å². The summed E-state index contributed by atoms with van der Waals surface area (Å²) in [4.78, 5) is 13.5. The summed E-state index contributed by atoms with van der Waals surface area (Å²) in [7, 11) is 0. The highest BCUT2D eigenvalue weighted by atomic mass is 16.1. The van der Waals surface area contributed by atoms with Gasteiger partial charge in [0.05, 0.1) is 0 Å². The van der Waals surface area contributed by atoms with E-state index in [0.29, 0.717) is 5.41 Å². The molecule has 0 atom stereocenters. The Morgan fingerprint density at radius 1 is 1.32 bits per heavy atom. The fraction of sp³-hybridized carbons (Fsp3) is 0.562. The third-order valence-corrected chi connectivity index (χ3v) is 3.66. The maximum Gasteiger partial charge on any atom is 0.221 e. The monoisotopic (exact) mass is 260 g/mol. The molecule has 1 aromatic carbocycles. The van der Waals surface area contributed by atoms with E-state index in [2.05, 4.69) is 36.2 Å². The molecular weight excluding hydrogens is 236 g/mol. The van der Waals surface area contributed by atoms with Crippen molar-refractivity contribution in [2.24, 2.45) is 5.41 Å². The molecule has 1 aliphatic rings. The Morgan fingerprint density at radius 3 is 2.58 bits per heavy atom. The predicted molar refractivity (Wildman–Crippen MR) is 79.0 cm³/mol. The third-order valence-electron chi connectivity index (χ3n) is 3.66. The molecule has 1 fully saturated rings. The molecule has 0 bridgehead atoms. The van der Waals surface area contributed by atoms with Crippen LogP contribution in [-0.2, 0) is 11.3 Å². The van der Waals surface area contributed by atoms with E-state index >= 15 is 0 Å². The molecule has 1 amide bonds. The summed E-state index contributed by atoms with van der Waals surface area (Å²) < 4.78 is 0. The van der Waals surface area contributed by atoms with Crippen LogP contribution >= 0.6 is 0 Å². The van der Waals surface area contributed by atoms with Crippen molar-refractivity contribution in [2.75, 3.05) is 18.4 Å². The molecule has 0 aromatic heterocycles. The molecule has 0 saturated carbocycles. The van der Waals surface area contributed by atoms with Crippen molar-refractivity contribution in [2.45, 2.75) is 40.2 Å². The van der Waals surface area contributed by atoms with Crippen LogP contribution in [0.1, 0.15) is 39.2 Å².